The second-order valence-corrected chi connectivity index (χ2v) is 8.64. The number of nitrogens with one attached hydrogen (secondary N) is 3. The summed E-state index contributed by atoms with van der Waals surface area (Å²) in [6.07, 6.45) is 9.36. The van der Waals surface area contributed by atoms with Crippen LogP contribution < -0.4 is 10.6 Å². The molecule has 0 aromatic carbocycles. The number of anilines is 1. The van der Waals surface area contributed by atoms with E-state index in [1.165, 1.54) is 6.07 Å². The lowest BCUT2D eigenvalue weighted by Gasteiger charge is -2.32. The molecule has 2 aliphatic rings. The highest BCUT2D eigenvalue weighted by Crippen LogP contribution is 2.29. The zero-order chi connectivity index (χ0) is 22.2. The van der Waals surface area contributed by atoms with Crippen molar-refractivity contribution in [2.75, 3.05) is 12.4 Å². The molecule has 0 bridgehead atoms. The predicted molar refractivity (Wildman–Crippen MR) is 116 cm³/mol. The topological polar surface area (TPSA) is 98.8 Å². The van der Waals surface area contributed by atoms with E-state index < -0.39 is 11.6 Å². The van der Waals surface area contributed by atoms with Gasteiger partial charge in [0.05, 0.1) is 12.4 Å². The predicted octanol–water partition coefficient (Wildman–Crippen LogP) is 3.83. The van der Waals surface area contributed by atoms with Crippen molar-refractivity contribution < 1.29 is 13.6 Å². The van der Waals surface area contributed by atoms with Gasteiger partial charge in [0, 0.05) is 42.3 Å². The summed E-state index contributed by atoms with van der Waals surface area (Å²) in [5, 5.41) is 6.82. The molecule has 8 nitrogen and oxygen atoms in total. The minimum Gasteiger partial charge on any atom is -0.365 e. The normalized spacial score (nSPS) is 20.8. The van der Waals surface area contributed by atoms with Crippen molar-refractivity contribution in [1.29, 1.82) is 0 Å². The third-order valence-corrected chi connectivity index (χ3v) is 6.24. The number of amides is 2. The number of hydrogen-bond donors (Lipinski definition) is 3. The van der Waals surface area contributed by atoms with Crippen LogP contribution in [0.4, 0.5) is 19.4 Å². The van der Waals surface area contributed by atoms with Gasteiger partial charge in [-0.15, -0.1) is 0 Å². The Balaban J connectivity index is 1.30. The third-order valence-electron chi connectivity index (χ3n) is 6.24. The van der Waals surface area contributed by atoms with E-state index in [2.05, 4.69) is 30.6 Å². The molecule has 0 spiro atoms. The fraction of sp³-hybridized carbons (Fsp3) is 0.455. The summed E-state index contributed by atoms with van der Waals surface area (Å²) in [7, 11) is 1.83. The summed E-state index contributed by atoms with van der Waals surface area (Å²) in [6.45, 7) is 0. The lowest BCUT2D eigenvalue weighted by atomic mass is 9.91. The quantitative estimate of drug-likeness (QED) is 0.559. The number of H-pyrrole nitrogens is 1. The van der Waals surface area contributed by atoms with Crippen molar-refractivity contribution in [3.8, 4) is 11.4 Å². The summed E-state index contributed by atoms with van der Waals surface area (Å²) < 4.78 is 28.2. The fourth-order valence-corrected chi connectivity index (χ4v) is 4.31. The van der Waals surface area contributed by atoms with Gasteiger partial charge in [0.2, 0.25) is 0 Å². The van der Waals surface area contributed by atoms with Crippen molar-refractivity contribution in [2.45, 2.75) is 56.7 Å². The molecule has 3 aromatic heterocycles. The molecule has 5 rings (SSSR count). The van der Waals surface area contributed by atoms with Gasteiger partial charge >= 0.3 is 6.03 Å². The Morgan fingerprint density at radius 3 is 2.78 bits per heavy atom. The van der Waals surface area contributed by atoms with Gasteiger partial charge in [0.25, 0.3) is 0 Å². The largest absolute Gasteiger partial charge is 0.365 e. The number of carbonyl (C=O) groups excluding carboxylic acids is 1. The molecule has 2 fully saturated rings. The molecule has 3 heterocycles. The van der Waals surface area contributed by atoms with Gasteiger partial charge < -0.3 is 20.5 Å². The monoisotopic (exact) mass is 441 g/mol. The first-order valence-electron chi connectivity index (χ1n) is 10.9. The lowest BCUT2D eigenvalue weighted by molar-refractivity contribution is 0.197. The zero-order valence-electron chi connectivity index (χ0n) is 17.7. The number of fused-ring (bicyclic) bond motifs is 1. The number of urea groups is 1. The Labute approximate surface area is 183 Å². The molecule has 0 saturated heterocycles. The summed E-state index contributed by atoms with van der Waals surface area (Å²) in [5.74, 6) is -0.654. The summed E-state index contributed by atoms with van der Waals surface area (Å²) in [5.41, 5.74) is 1.05. The Hall–Kier alpha value is -3.30. The number of hydrogen-bond acceptors (Lipinski definition) is 5. The molecule has 10 heteroatoms. The number of aromatic amines is 1. The van der Waals surface area contributed by atoms with E-state index in [1.807, 2.05) is 7.05 Å². The molecule has 2 aliphatic carbocycles. The van der Waals surface area contributed by atoms with Crippen molar-refractivity contribution in [2.24, 2.45) is 0 Å². The van der Waals surface area contributed by atoms with Crippen LogP contribution in [0.2, 0.25) is 0 Å². The number of nitrogens with zero attached hydrogens (tertiary/aromatic N) is 4. The molecule has 3 aromatic rings. The van der Waals surface area contributed by atoms with Crippen LogP contribution >= 0.6 is 0 Å². The van der Waals surface area contributed by atoms with E-state index in [0.29, 0.717) is 29.1 Å². The average Bonchev–Trinajstić information content (AvgIpc) is 3.55. The van der Waals surface area contributed by atoms with E-state index >= 15 is 0 Å². The standard InChI is InChI=1S/C22H25F2N7O/c1-31(15-5-6-15)22(32)29-14-4-2-3-13(8-14)28-21-18(24)11-27-20(30-21)17-10-26-19-16(17)7-12(23)9-25-19/h7,9-11,13-15H,2-6,8H2,1H3,(H,25,26)(H,29,32)(H,27,28,30)/t13-,14+/m0/s1. The minimum atomic E-state index is -0.558. The van der Waals surface area contributed by atoms with Crippen LogP contribution in [0.1, 0.15) is 38.5 Å². The maximum atomic E-state index is 14.5. The van der Waals surface area contributed by atoms with Gasteiger partial charge in [-0.25, -0.2) is 28.5 Å². The van der Waals surface area contributed by atoms with Crippen LogP contribution in [-0.2, 0) is 0 Å². The average molecular weight is 441 g/mol. The third kappa shape index (κ3) is 4.21. The highest BCUT2D eigenvalue weighted by atomic mass is 19.1. The van der Waals surface area contributed by atoms with Gasteiger partial charge in [-0.2, -0.15) is 0 Å². The Morgan fingerprint density at radius 1 is 1.16 bits per heavy atom. The van der Waals surface area contributed by atoms with E-state index in [0.717, 1.165) is 44.5 Å². The minimum absolute atomic E-state index is 0.0281. The summed E-state index contributed by atoms with van der Waals surface area (Å²) in [4.78, 5) is 29.6. The zero-order valence-corrected chi connectivity index (χ0v) is 17.7. The first kappa shape index (κ1) is 20.6. The van der Waals surface area contributed by atoms with Crippen LogP contribution in [0.3, 0.4) is 0 Å². The second kappa shape index (κ2) is 8.33. The first-order chi connectivity index (χ1) is 15.5. The molecule has 168 valence electrons. The van der Waals surface area contributed by atoms with Crippen LogP contribution in [0.25, 0.3) is 22.4 Å². The number of halogens is 2. The van der Waals surface area contributed by atoms with Gasteiger partial charge in [0.15, 0.2) is 17.5 Å². The maximum Gasteiger partial charge on any atom is 0.317 e. The number of pyridine rings is 1. The lowest BCUT2D eigenvalue weighted by Crippen LogP contribution is -2.47. The van der Waals surface area contributed by atoms with Gasteiger partial charge in [-0.1, -0.05) is 0 Å². The fourth-order valence-electron chi connectivity index (χ4n) is 4.31. The molecule has 32 heavy (non-hydrogen) atoms. The van der Waals surface area contributed by atoms with Crippen molar-refractivity contribution >= 4 is 22.9 Å². The maximum absolute atomic E-state index is 14.5. The highest BCUT2D eigenvalue weighted by Gasteiger charge is 2.31. The molecular weight excluding hydrogens is 416 g/mol. The molecule has 0 aliphatic heterocycles. The number of carbonyl (C=O) groups is 1. The summed E-state index contributed by atoms with van der Waals surface area (Å²) in [6, 6.07) is 1.66. The summed E-state index contributed by atoms with van der Waals surface area (Å²) >= 11 is 0. The van der Waals surface area contributed by atoms with Crippen LogP contribution in [-0.4, -0.2) is 56.0 Å². The van der Waals surface area contributed by atoms with E-state index in [-0.39, 0.29) is 29.8 Å². The Morgan fingerprint density at radius 2 is 1.97 bits per heavy atom. The molecule has 2 atom stereocenters. The van der Waals surface area contributed by atoms with E-state index in [4.69, 9.17) is 0 Å². The second-order valence-electron chi connectivity index (χ2n) is 8.64. The number of rotatable bonds is 5. The van der Waals surface area contributed by atoms with Gasteiger partial charge in [0.1, 0.15) is 11.5 Å². The van der Waals surface area contributed by atoms with Crippen LogP contribution in [0.15, 0.2) is 24.7 Å². The molecule has 2 saturated carbocycles. The van der Waals surface area contributed by atoms with Crippen LogP contribution in [0.5, 0.6) is 0 Å². The Kier molecular flexibility index (Phi) is 5.36. The molecular formula is C22H25F2N7O. The highest BCUT2D eigenvalue weighted by molar-refractivity contribution is 5.91. The van der Waals surface area contributed by atoms with Gasteiger partial charge in [-0.05, 0) is 44.6 Å². The van der Waals surface area contributed by atoms with Crippen molar-refractivity contribution in [1.82, 2.24) is 30.2 Å². The number of aromatic nitrogens is 4. The van der Waals surface area contributed by atoms with Crippen molar-refractivity contribution in [3.63, 3.8) is 0 Å². The smallest absolute Gasteiger partial charge is 0.317 e. The van der Waals surface area contributed by atoms with Crippen molar-refractivity contribution in [3.05, 3.63) is 36.3 Å². The van der Waals surface area contributed by atoms with Gasteiger partial charge in [-0.3, -0.25) is 0 Å². The first-order valence-corrected chi connectivity index (χ1v) is 10.9. The molecule has 0 unspecified atom stereocenters. The SMILES string of the molecule is CN(C(=O)N[C@@H]1CCC[C@H](Nc2nc(-c3c[nH]c4ncc(F)cc34)ncc2F)C1)C1CC1. The molecule has 2 amide bonds. The van der Waals surface area contributed by atoms with E-state index in [9.17, 15) is 13.6 Å². The molecule has 0 radical (unpaired) electrons. The Bertz CT molecular complexity index is 1150. The van der Waals surface area contributed by atoms with Crippen LogP contribution in [0, 0.1) is 11.6 Å². The molecule has 3 N–H and O–H groups in total. The van der Waals surface area contributed by atoms with E-state index in [1.54, 1.807) is 11.1 Å².